The van der Waals surface area contributed by atoms with Crippen LogP contribution in [-0.2, 0) is 5.41 Å². The van der Waals surface area contributed by atoms with Gasteiger partial charge in [0.25, 0.3) is 0 Å². The van der Waals surface area contributed by atoms with Crippen molar-refractivity contribution in [3.05, 3.63) is 186 Å². The lowest BCUT2D eigenvalue weighted by Gasteiger charge is -2.40. The van der Waals surface area contributed by atoms with E-state index < -0.39 is 5.41 Å². The summed E-state index contributed by atoms with van der Waals surface area (Å²) in [6.45, 7) is 0. The summed E-state index contributed by atoms with van der Waals surface area (Å²) >= 11 is 3.76. The van der Waals surface area contributed by atoms with Crippen molar-refractivity contribution in [3.8, 4) is 45.3 Å². The van der Waals surface area contributed by atoms with Gasteiger partial charge in [-0.3, -0.25) is 0 Å². The molecule has 0 amide bonds. The fourth-order valence-corrected chi connectivity index (χ4v) is 10.8. The molecule has 1 spiro atoms. The lowest BCUT2D eigenvalue weighted by atomic mass is 9.67. The van der Waals surface area contributed by atoms with E-state index in [1.807, 2.05) is 59.5 Å². The summed E-state index contributed by atoms with van der Waals surface area (Å²) < 4.78 is 2.54. The molecule has 9 aromatic rings. The van der Waals surface area contributed by atoms with E-state index in [4.69, 9.17) is 15.0 Å². The largest absolute Gasteiger partial charge is 0.208 e. The second-order valence-electron chi connectivity index (χ2n) is 13.1. The van der Waals surface area contributed by atoms with Crippen LogP contribution in [0.5, 0.6) is 0 Å². The van der Waals surface area contributed by atoms with Gasteiger partial charge >= 0.3 is 0 Å². The van der Waals surface area contributed by atoms with Crippen LogP contribution >= 0.6 is 23.1 Å². The standard InChI is InChI=1S/C46H27N3S2/c1-3-13-28(14-4-1)43-47-44(29-15-5-2-6-16-29)49-45(48-43)30-23-25-38-33(27-30)41-40(50-38)26-24-37-42(41)51-39-22-12-11-21-36(39)46(37)34-19-9-7-17-31(34)32-18-8-10-20-35(32)46/h1-27H. The van der Waals surface area contributed by atoms with Gasteiger partial charge in [-0.25, -0.2) is 15.0 Å². The van der Waals surface area contributed by atoms with Gasteiger partial charge in [-0.15, -0.1) is 11.3 Å². The number of aromatic nitrogens is 3. The van der Waals surface area contributed by atoms with Crippen LogP contribution in [0, 0.1) is 0 Å². The van der Waals surface area contributed by atoms with E-state index in [1.165, 1.54) is 63.3 Å². The third kappa shape index (κ3) is 4.16. The van der Waals surface area contributed by atoms with Crippen molar-refractivity contribution in [2.45, 2.75) is 15.2 Å². The van der Waals surface area contributed by atoms with Crippen molar-refractivity contribution in [2.75, 3.05) is 0 Å². The first-order chi connectivity index (χ1) is 25.3. The van der Waals surface area contributed by atoms with Crippen LogP contribution in [0.1, 0.15) is 22.3 Å². The Bertz CT molecular complexity index is 2740. The van der Waals surface area contributed by atoms with Crippen LogP contribution in [0.4, 0.5) is 0 Å². The van der Waals surface area contributed by atoms with Crippen molar-refractivity contribution in [3.63, 3.8) is 0 Å². The van der Waals surface area contributed by atoms with Gasteiger partial charge in [-0.1, -0.05) is 145 Å². The lowest BCUT2D eigenvalue weighted by molar-refractivity contribution is 0.726. The molecule has 0 saturated carbocycles. The van der Waals surface area contributed by atoms with Crippen molar-refractivity contribution in [1.82, 2.24) is 15.0 Å². The van der Waals surface area contributed by atoms with E-state index in [9.17, 15) is 0 Å². The molecule has 0 radical (unpaired) electrons. The van der Waals surface area contributed by atoms with Crippen molar-refractivity contribution in [1.29, 1.82) is 0 Å². The normalized spacial score (nSPS) is 13.6. The summed E-state index contributed by atoms with van der Waals surface area (Å²) in [5.74, 6) is 2.00. The van der Waals surface area contributed by atoms with Crippen molar-refractivity contribution < 1.29 is 0 Å². The third-order valence-corrected chi connectivity index (χ3v) is 12.7. The van der Waals surface area contributed by atoms with Crippen LogP contribution in [0.25, 0.3) is 65.5 Å². The van der Waals surface area contributed by atoms with E-state index in [0.717, 1.165) is 16.7 Å². The van der Waals surface area contributed by atoms with Gasteiger partial charge in [0.1, 0.15) is 0 Å². The minimum absolute atomic E-state index is 0.409. The lowest BCUT2D eigenvalue weighted by Crippen LogP contribution is -2.31. The predicted octanol–water partition coefficient (Wildman–Crippen LogP) is 12.1. The van der Waals surface area contributed by atoms with Gasteiger partial charge in [0.05, 0.1) is 5.41 Å². The minimum Gasteiger partial charge on any atom is -0.208 e. The molecule has 1 aliphatic carbocycles. The van der Waals surface area contributed by atoms with Crippen LogP contribution in [0.15, 0.2) is 174 Å². The summed E-state index contributed by atoms with van der Waals surface area (Å²) in [7, 11) is 0. The Labute approximate surface area is 303 Å². The number of nitrogens with zero attached hydrogens (tertiary/aromatic N) is 3. The molecule has 2 aromatic heterocycles. The molecule has 51 heavy (non-hydrogen) atoms. The summed E-state index contributed by atoms with van der Waals surface area (Å²) in [5, 5.41) is 2.53. The Morgan fingerprint density at radius 2 is 0.941 bits per heavy atom. The molecule has 1 aliphatic heterocycles. The van der Waals surface area contributed by atoms with E-state index in [0.29, 0.717) is 17.5 Å². The Morgan fingerprint density at radius 1 is 0.412 bits per heavy atom. The Morgan fingerprint density at radius 3 is 1.59 bits per heavy atom. The van der Waals surface area contributed by atoms with Crippen LogP contribution in [0.3, 0.4) is 0 Å². The maximum absolute atomic E-state index is 5.07. The molecule has 0 atom stereocenters. The zero-order valence-electron chi connectivity index (χ0n) is 27.2. The SMILES string of the molecule is c1ccc(-c2nc(-c3ccccc3)nc(-c3ccc4sc5ccc6c(c5c4c3)Sc3ccccc3C63c4ccccc4-c4ccccc43)n2)cc1. The quantitative estimate of drug-likeness (QED) is 0.186. The molecule has 11 rings (SSSR count). The van der Waals surface area contributed by atoms with Gasteiger partial charge in [0.2, 0.25) is 0 Å². The highest BCUT2D eigenvalue weighted by atomic mass is 32.2. The maximum atomic E-state index is 5.07. The second kappa shape index (κ2) is 11.1. The highest BCUT2D eigenvalue weighted by Crippen LogP contribution is 2.63. The van der Waals surface area contributed by atoms with Gasteiger partial charge in [-0.2, -0.15) is 0 Å². The number of hydrogen-bond acceptors (Lipinski definition) is 5. The molecule has 3 nitrogen and oxygen atoms in total. The monoisotopic (exact) mass is 685 g/mol. The smallest absolute Gasteiger partial charge is 0.164 e. The summed E-state index contributed by atoms with van der Waals surface area (Å²) in [4.78, 5) is 17.7. The molecule has 5 heteroatoms. The first-order valence-electron chi connectivity index (χ1n) is 17.1. The van der Waals surface area contributed by atoms with Crippen LogP contribution in [-0.4, -0.2) is 15.0 Å². The zero-order valence-corrected chi connectivity index (χ0v) is 28.9. The van der Waals surface area contributed by atoms with Crippen molar-refractivity contribution in [2.24, 2.45) is 0 Å². The maximum Gasteiger partial charge on any atom is 0.164 e. The molecule has 2 aliphatic rings. The molecule has 0 fully saturated rings. The third-order valence-electron chi connectivity index (χ3n) is 10.4. The number of rotatable bonds is 3. The predicted molar refractivity (Wildman–Crippen MR) is 210 cm³/mol. The molecule has 3 heterocycles. The summed E-state index contributed by atoms with van der Waals surface area (Å²) in [6, 6.07) is 58.8. The molecule has 0 N–H and O–H groups in total. The topological polar surface area (TPSA) is 38.7 Å². The Balaban J connectivity index is 1.18. The first-order valence-corrected chi connectivity index (χ1v) is 18.7. The average Bonchev–Trinajstić information content (AvgIpc) is 3.73. The van der Waals surface area contributed by atoms with E-state index in [1.54, 1.807) is 0 Å². The van der Waals surface area contributed by atoms with Crippen LogP contribution in [0.2, 0.25) is 0 Å². The van der Waals surface area contributed by atoms with Crippen LogP contribution < -0.4 is 0 Å². The Hall–Kier alpha value is -5.88. The second-order valence-corrected chi connectivity index (χ2v) is 15.2. The number of hydrogen-bond donors (Lipinski definition) is 0. The molecule has 0 unspecified atom stereocenters. The average molecular weight is 686 g/mol. The van der Waals surface area contributed by atoms with Gasteiger partial charge < -0.3 is 0 Å². The molecule has 238 valence electrons. The molecular weight excluding hydrogens is 659 g/mol. The van der Waals surface area contributed by atoms with E-state index >= 15 is 0 Å². The number of fused-ring (bicyclic) bond motifs is 13. The molecule has 7 aromatic carbocycles. The fraction of sp³-hybridized carbons (Fsp3) is 0.0217. The summed E-state index contributed by atoms with van der Waals surface area (Å²) in [6.07, 6.45) is 0. The molecule has 0 bridgehead atoms. The van der Waals surface area contributed by atoms with Crippen molar-refractivity contribution >= 4 is 43.3 Å². The number of benzene rings is 7. The highest BCUT2D eigenvalue weighted by molar-refractivity contribution is 7.99. The highest BCUT2D eigenvalue weighted by Gasteiger charge is 2.50. The number of thiophene rings is 1. The van der Waals surface area contributed by atoms with E-state index in [2.05, 4.69) is 127 Å². The first kappa shape index (κ1) is 28.9. The Kier molecular flexibility index (Phi) is 6.27. The zero-order chi connectivity index (χ0) is 33.5. The molecular formula is C46H27N3S2. The van der Waals surface area contributed by atoms with Gasteiger partial charge in [-0.05, 0) is 63.7 Å². The minimum atomic E-state index is -0.409. The fourth-order valence-electron chi connectivity index (χ4n) is 8.25. The summed E-state index contributed by atoms with van der Waals surface area (Å²) in [5.41, 5.74) is 10.5. The van der Waals surface area contributed by atoms with Gasteiger partial charge in [0, 0.05) is 46.7 Å². The molecule has 0 saturated heterocycles. The van der Waals surface area contributed by atoms with Gasteiger partial charge in [0.15, 0.2) is 17.5 Å². The van der Waals surface area contributed by atoms with E-state index in [-0.39, 0.29) is 0 Å².